The minimum atomic E-state index is -2.12. The van der Waals surface area contributed by atoms with Crippen LogP contribution in [0.1, 0.15) is 46.5 Å². The minimum Gasteiger partial charge on any atom is -0.467 e. The van der Waals surface area contributed by atoms with E-state index in [1.54, 1.807) is 6.26 Å². The molecule has 2 aliphatic heterocycles. The van der Waals surface area contributed by atoms with Crippen molar-refractivity contribution >= 4 is 8.32 Å². The standard InChI is InChI=1S/C18H30O6Si/c1-17(2,3)25(6,7)24-13(11-9-8-10-20-11)14-12(19)15-16(21-14)23-18(4,5)22-15/h8-10,12-16,19H,1-7H3/t12-,13?,14-,15+,16+/m0/s1. The molecule has 0 aliphatic carbocycles. The van der Waals surface area contributed by atoms with E-state index in [9.17, 15) is 5.11 Å². The maximum atomic E-state index is 10.8. The van der Waals surface area contributed by atoms with Crippen molar-refractivity contribution in [3.63, 3.8) is 0 Å². The van der Waals surface area contributed by atoms with Crippen molar-refractivity contribution in [1.82, 2.24) is 0 Å². The molecule has 1 aromatic heterocycles. The van der Waals surface area contributed by atoms with Crippen molar-refractivity contribution < 1.29 is 28.2 Å². The third-order valence-corrected chi connectivity index (χ3v) is 9.86. The molecule has 1 unspecified atom stereocenters. The molecule has 0 spiro atoms. The highest BCUT2D eigenvalue weighted by Gasteiger charge is 2.57. The molecule has 3 rings (SSSR count). The predicted octanol–water partition coefficient (Wildman–Crippen LogP) is 3.58. The van der Waals surface area contributed by atoms with Crippen molar-refractivity contribution in [1.29, 1.82) is 0 Å². The smallest absolute Gasteiger partial charge is 0.193 e. The maximum Gasteiger partial charge on any atom is 0.193 e. The van der Waals surface area contributed by atoms with Gasteiger partial charge in [-0.15, -0.1) is 0 Å². The summed E-state index contributed by atoms with van der Waals surface area (Å²) >= 11 is 0. The summed E-state index contributed by atoms with van der Waals surface area (Å²) in [6.07, 6.45) is -1.49. The number of hydrogen-bond acceptors (Lipinski definition) is 6. The van der Waals surface area contributed by atoms with E-state index in [4.69, 9.17) is 23.1 Å². The topological polar surface area (TPSA) is 70.3 Å². The highest BCUT2D eigenvalue weighted by Crippen LogP contribution is 2.46. The number of ether oxygens (including phenoxy) is 3. The van der Waals surface area contributed by atoms with Crippen molar-refractivity contribution in [2.75, 3.05) is 0 Å². The van der Waals surface area contributed by atoms with Gasteiger partial charge in [0.05, 0.1) is 6.26 Å². The van der Waals surface area contributed by atoms with Crippen LogP contribution in [0.3, 0.4) is 0 Å². The quantitative estimate of drug-likeness (QED) is 0.817. The number of aliphatic hydroxyl groups excluding tert-OH is 1. The van der Waals surface area contributed by atoms with Crippen molar-refractivity contribution in [3.8, 4) is 0 Å². The van der Waals surface area contributed by atoms with Gasteiger partial charge in [-0.1, -0.05) is 20.8 Å². The van der Waals surface area contributed by atoms with Gasteiger partial charge in [-0.05, 0) is 44.1 Å². The molecule has 7 heteroatoms. The Hall–Kier alpha value is -0.703. The summed E-state index contributed by atoms with van der Waals surface area (Å²) < 4.78 is 29.8. The lowest BCUT2D eigenvalue weighted by Crippen LogP contribution is -2.46. The van der Waals surface area contributed by atoms with E-state index in [1.165, 1.54) is 0 Å². The van der Waals surface area contributed by atoms with Gasteiger partial charge in [-0.2, -0.15) is 0 Å². The molecule has 2 aliphatic rings. The van der Waals surface area contributed by atoms with Crippen molar-refractivity contribution in [3.05, 3.63) is 24.2 Å². The van der Waals surface area contributed by atoms with Crippen LogP contribution < -0.4 is 0 Å². The molecule has 0 bridgehead atoms. The molecule has 2 saturated heterocycles. The fraction of sp³-hybridized carbons (Fsp3) is 0.778. The second-order valence-electron chi connectivity index (χ2n) is 8.87. The molecule has 1 aromatic rings. The lowest BCUT2D eigenvalue weighted by Gasteiger charge is -2.40. The van der Waals surface area contributed by atoms with Crippen LogP contribution in [0.2, 0.25) is 18.1 Å². The van der Waals surface area contributed by atoms with E-state index in [1.807, 2.05) is 26.0 Å². The second kappa shape index (κ2) is 6.18. The molecule has 2 fully saturated rings. The van der Waals surface area contributed by atoms with E-state index < -0.39 is 44.8 Å². The van der Waals surface area contributed by atoms with Crippen LogP contribution in [-0.2, 0) is 18.6 Å². The van der Waals surface area contributed by atoms with Gasteiger partial charge in [-0.25, -0.2) is 0 Å². The van der Waals surface area contributed by atoms with Gasteiger partial charge in [-0.3, -0.25) is 0 Å². The van der Waals surface area contributed by atoms with E-state index in [2.05, 4.69) is 33.9 Å². The molecular formula is C18H30O6Si. The van der Waals surface area contributed by atoms with E-state index in [0.29, 0.717) is 5.76 Å². The highest BCUT2D eigenvalue weighted by atomic mass is 28.4. The number of rotatable bonds is 4. The number of fused-ring (bicyclic) bond motifs is 1. The molecule has 3 heterocycles. The van der Waals surface area contributed by atoms with Gasteiger partial charge in [0.15, 0.2) is 20.4 Å². The Morgan fingerprint density at radius 2 is 1.92 bits per heavy atom. The van der Waals surface area contributed by atoms with Crippen molar-refractivity contribution in [2.24, 2.45) is 0 Å². The molecule has 0 aromatic carbocycles. The van der Waals surface area contributed by atoms with Gasteiger partial charge in [0, 0.05) is 0 Å². The van der Waals surface area contributed by atoms with Crippen LogP contribution in [0.4, 0.5) is 0 Å². The molecule has 1 N–H and O–H groups in total. The zero-order valence-corrected chi connectivity index (χ0v) is 17.1. The van der Waals surface area contributed by atoms with Crippen LogP contribution in [0.25, 0.3) is 0 Å². The van der Waals surface area contributed by atoms with Gasteiger partial charge >= 0.3 is 0 Å². The van der Waals surface area contributed by atoms with Gasteiger partial charge in [0.2, 0.25) is 0 Å². The molecule has 0 amide bonds. The average molecular weight is 371 g/mol. The van der Waals surface area contributed by atoms with Crippen LogP contribution in [-0.4, -0.2) is 43.8 Å². The maximum absolute atomic E-state index is 10.8. The van der Waals surface area contributed by atoms with Crippen LogP contribution in [0.5, 0.6) is 0 Å². The van der Waals surface area contributed by atoms with E-state index in [0.717, 1.165) is 0 Å². The zero-order chi connectivity index (χ0) is 18.6. The Balaban J connectivity index is 1.85. The third kappa shape index (κ3) is 3.58. The summed E-state index contributed by atoms with van der Waals surface area (Å²) in [7, 11) is -2.12. The molecular weight excluding hydrogens is 340 g/mol. The lowest BCUT2D eigenvalue weighted by atomic mass is 10.0. The highest BCUT2D eigenvalue weighted by molar-refractivity contribution is 6.74. The summed E-state index contributed by atoms with van der Waals surface area (Å²) in [5.41, 5.74) is 0. The van der Waals surface area contributed by atoms with Crippen molar-refractivity contribution in [2.45, 2.75) is 89.2 Å². The Bertz CT molecular complexity index is 591. The van der Waals surface area contributed by atoms with E-state index >= 15 is 0 Å². The van der Waals surface area contributed by atoms with Gasteiger partial charge in [0.25, 0.3) is 0 Å². The normalized spacial score (nSPS) is 33.4. The summed E-state index contributed by atoms with van der Waals surface area (Å²) in [5.74, 6) is -0.116. The molecule has 5 atom stereocenters. The van der Waals surface area contributed by atoms with E-state index in [-0.39, 0.29) is 5.04 Å². The first kappa shape index (κ1) is 19.1. The van der Waals surface area contributed by atoms with Gasteiger partial charge < -0.3 is 28.2 Å². The molecule has 0 saturated carbocycles. The summed E-state index contributed by atoms with van der Waals surface area (Å²) in [5, 5.41) is 10.8. The summed E-state index contributed by atoms with van der Waals surface area (Å²) in [6.45, 7) is 14.5. The molecule has 142 valence electrons. The average Bonchev–Trinajstić information content (AvgIpc) is 3.13. The second-order valence-corrected chi connectivity index (χ2v) is 13.6. The number of hydrogen-bond donors (Lipinski definition) is 1. The summed E-state index contributed by atoms with van der Waals surface area (Å²) in [6, 6.07) is 3.67. The summed E-state index contributed by atoms with van der Waals surface area (Å²) in [4.78, 5) is 0. The Morgan fingerprint density at radius 1 is 1.24 bits per heavy atom. The third-order valence-electron chi connectivity index (χ3n) is 5.40. The number of aliphatic hydroxyl groups is 1. The van der Waals surface area contributed by atoms with Gasteiger partial charge in [0.1, 0.15) is 30.2 Å². The first-order valence-electron chi connectivity index (χ1n) is 8.82. The van der Waals surface area contributed by atoms with Crippen LogP contribution in [0, 0.1) is 0 Å². The van der Waals surface area contributed by atoms with Crippen LogP contribution >= 0.6 is 0 Å². The number of furan rings is 1. The fourth-order valence-corrected chi connectivity index (χ4v) is 4.24. The lowest BCUT2D eigenvalue weighted by molar-refractivity contribution is -0.226. The largest absolute Gasteiger partial charge is 0.467 e. The Kier molecular flexibility index (Phi) is 4.71. The molecule has 6 nitrogen and oxygen atoms in total. The Labute approximate surface area is 150 Å². The first-order chi connectivity index (χ1) is 11.4. The Morgan fingerprint density at radius 3 is 2.44 bits per heavy atom. The molecule has 0 radical (unpaired) electrons. The fourth-order valence-electron chi connectivity index (χ4n) is 3.00. The molecule has 25 heavy (non-hydrogen) atoms. The monoisotopic (exact) mass is 370 g/mol. The zero-order valence-electron chi connectivity index (χ0n) is 16.1. The predicted molar refractivity (Wildman–Crippen MR) is 94.4 cm³/mol. The SMILES string of the molecule is CC1(C)O[C@H]2O[C@H](C(O[Si](C)(C)C(C)(C)C)c3ccco3)[C@H](O)[C@H]2O1. The first-order valence-corrected chi connectivity index (χ1v) is 11.7. The minimum absolute atomic E-state index is 0.0201. The van der Waals surface area contributed by atoms with Crippen LogP contribution in [0.15, 0.2) is 22.8 Å².